The van der Waals surface area contributed by atoms with E-state index in [0.717, 1.165) is 12.0 Å². The second kappa shape index (κ2) is 12.2. The van der Waals surface area contributed by atoms with Crippen LogP contribution in [0, 0.1) is 0 Å². The summed E-state index contributed by atoms with van der Waals surface area (Å²) < 4.78 is 5.06. The van der Waals surface area contributed by atoms with E-state index in [1.807, 2.05) is 6.08 Å². The molecule has 0 aromatic heterocycles. The summed E-state index contributed by atoms with van der Waals surface area (Å²) in [5.41, 5.74) is 0.928. The lowest BCUT2D eigenvalue weighted by atomic mass is 10.1. The van der Waals surface area contributed by atoms with Crippen molar-refractivity contribution in [2.45, 2.75) is 58.3 Å². The number of ether oxygens (including phenoxy) is 1. The van der Waals surface area contributed by atoms with Crippen LogP contribution in [-0.4, -0.2) is 23.1 Å². The van der Waals surface area contributed by atoms with Crippen molar-refractivity contribution in [3.63, 3.8) is 0 Å². The third-order valence-electron chi connectivity index (χ3n) is 3.94. The van der Waals surface area contributed by atoms with Gasteiger partial charge in [0, 0.05) is 18.9 Å². The molecule has 0 fully saturated rings. The molecule has 4 nitrogen and oxygen atoms in total. The van der Waals surface area contributed by atoms with Gasteiger partial charge in [0.1, 0.15) is 0 Å². The van der Waals surface area contributed by atoms with Gasteiger partial charge in [0.15, 0.2) is 17.3 Å². The summed E-state index contributed by atoms with van der Waals surface area (Å²) in [5.74, 6) is 0.523. The van der Waals surface area contributed by atoms with E-state index in [-0.39, 0.29) is 17.3 Å². The van der Waals surface area contributed by atoms with Gasteiger partial charge in [0.05, 0.1) is 12.9 Å². The van der Waals surface area contributed by atoms with Crippen molar-refractivity contribution in [2.75, 3.05) is 7.11 Å². The number of carbonyl (C=O) groups is 1. The third-order valence-corrected chi connectivity index (χ3v) is 3.94. The van der Waals surface area contributed by atoms with Gasteiger partial charge >= 0.3 is 0 Å². The molecule has 0 spiro atoms. The van der Waals surface area contributed by atoms with Crippen LogP contribution in [0.15, 0.2) is 42.2 Å². The summed E-state index contributed by atoms with van der Waals surface area (Å²) in [5, 5.41) is 19.5. The van der Waals surface area contributed by atoms with Gasteiger partial charge in [-0.25, -0.2) is 0 Å². The number of hydrogen-bond donors (Lipinski definition) is 2. The maximum atomic E-state index is 11.8. The SMILES string of the molecule is CCCCC/C=C\CCC(=O)/C=C(\O)CCc1ccc(O)c(OC)c1. The summed E-state index contributed by atoms with van der Waals surface area (Å²) in [4.78, 5) is 11.8. The second-order valence-corrected chi connectivity index (χ2v) is 6.11. The third kappa shape index (κ3) is 8.99. The number of benzene rings is 1. The predicted octanol–water partition coefficient (Wildman–Crippen LogP) is 5.26. The first-order valence-electron chi connectivity index (χ1n) is 9.00. The minimum Gasteiger partial charge on any atom is -0.512 e. The zero-order valence-corrected chi connectivity index (χ0v) is 15.3. The molecule has 0 saturated carbocycles. The number of unbranched alkanes of at least 4 members (excludes halogenated alkanes) is 3. The summed E-state index contributed by atoms with van der Waals surface area (Å²) in [6.07, 6.45) is 12.3. The van der Waals surface area contributed by atoms with Crippen LogP contribution < -0.4 is 4.74 Å². The molecular formula is C21H30O4. The van der Waals surface area contributed by atoms with Gasteiger partial charge in [-0.15, -0.1) is 0 Å². The average Bonchev–Trinajstić information content (AvgIpc) is 2.60. The Balaban J connectivity index is 2.33. The number of aryl methyl sites for hydroxylation is 1. The Kier molecular flexibility index (Phi) is 10.1. The minimum absolute atomic E-state index is 0.0565. The summed E-state index contributed by atoms with van der Waals surface area (Å²) >= 11 is 0. The number of rotatable bonds is 12. The molecule has 0 aliphatic carbocycles. The van der Waals surface area contributed by atoms with Gasteiger partial charge < -0.3 is 14.9 Å². The number of ketones is 1. The highest BCUT2D eigenvalue weighted by molar-refractivity contribution is 5.90. The van der Waals surface area contributed by atoms with Crippen LogP contribution in [0.3, 0.4) is 0 Å². The second-order valence-electron chi connectivity index (χ2n) is 6.11. The Morgan fingerprint density at radius 2 is 1.92 bits per heavy atom. The van der Waals surface area contributed by atoms with E-state index in [2.05, 4.69) is 13.0 Å². The van der Waals surface area contributed by atoms with Crippen LogP contribution in [0.5, 0.6) is 11.5 Å². The topological polar surface area (TPSA) is 66.8 Å². The quantitative estimate of drug-likeness (QED) is 0.234. The number of phenols is 1. The zero-order valence-electron chi connectivity index (χ0n) is 15.3. The monoisotopic (exact) mass is 346 g/mol. The Morgan fingerprint density at radius 3 is 2.64 bits per heavy atom. The van der Waals surface area contributed by atoms with E-state index in [4.69, 9.17) is 4.74 Å². The van der Waals surface area contributed by atoms with Crippen molar-refractivity contribution >= 4 is 5.78 Å². The van der Waals surface area contributed by atoms with Crippen LogP contribution in [0.2, 0.25) is 0 Å². The first-order chi connectivity index (χ1) is 12.1. The van der Waals surface area contributed by atoms with E-state index in [9.17, 15) is 15.0 Å². The van der Waals surface area contributed by atoms with Crippen molar-refractivity contribution in [1.29, 1.82) is 0 Å². The molecule has 1 aromatic carbocycles. The number of phenolic OH excluding ortho intramolecular Hbond substituents is 1. The van der Waals surface area contributed by atoms with Crippen LogP contribution in [0.25, 0.3) is 0 Å². The van der Waals surface area contributed by atoms with Gasteiger partial charge in [-0.05, 0) is 43.4 Å². The minimum atomic E-state index is -0.0565. The fourth-order valence-corrected chi connectivity index (χ4v) is 2.45. The molecule has 1 rings (SSSR count). The van der Waals surface area contributed by atoms with Crippen molar-refractivity contribution in [2.24, 2.45) is 0 Å². The molecule has 0 saturated heterocycles. The lowest BCUT2D eigenvalue weighted by Crippen LogP contribution is -1.96. The zero-order chi connectivity index (χ0) is 18.5. The first-order valence-corrected chi connectivity index (χ1v) is 9.00. The average molecular weight is 346 g/mol. The van der Waals surface area contributed by atoms with E-state index < -0.39 is 0 Å². The van der Waals surface area contributed by atoms with Crippen molar-refractivity contribution in [1.82, 2.24) is 0 Å². The molecule has 1 aromatic rings. The molecule has 2 N–H and O–H groups in total. The normalized spacial score (nSPS) is 11.8. The van der Waals surface area contributed by atoms with Crippen LogP contribution in [0.1, 0.15) is 57.4 Å². The summed E-state index contributed by atoms with van der Waals surface area (Å²) in [7, 11) is 1.49. The molecule has 0 aliphatic heterocycles. The lowest BCUT2D eigenvalue weighted by molar-refractivity contribution is -0.114. The molecule has 0 aliphatic rings. The molecule has 4 heteroatoms. The van der Waals surface area contributed by atoms with E-state index in [1.54, 1.807) is 18.2 Å². The Hall–Kier alpha value is -2.23. The Morgan fingerprint density at radius 1 is 1.16 bits per heavy atom. The molecule has 25 heavy (non-hydrogen) atoms. The maximum Gasteiger partial charge on any atom is 0.160 e. The number of aliphatic hydroxyl groups is 1. The number of allylic oxidation sites excluding steroid dienone is 4. The lowest BCUT2D eigenvalue weighted by Gasteiger charge is -2.06. The molecule has 138 valence electrons. The summed E-state index contributed by atoms with van der Waals surface area (Å²) in [6, 6.07) is 5.07. The molecular weight excluding hydrogens is 316 g/mol. The fraction of sp³-hybridized carbons (Fsp3) is 0.476. The molecule has 0 unspecified atom stereocenters. The Bertz CT molecular complexity index is 588. The van der Waals surface area contributed by atoms with Gasteiger partial charge in [-0.1, -0.05) is 38.0 Å². The standard InChI is InChI=1S/C21H30O4/c1-3-4-5-6-7-8-9-10-18(22)16-19(23)13-11-17-12-14-20(24)21(15-17)25-2/h7-8,12,14-16,23-24H,3-6,9-11,13H2,1-2H3/b8-7-,19-16-. The van der Waals surface area contributed by atoms with Crippen molar-refractivity contribution in [3.05, 3.63) is 47.7 Å². The van der Waals surface area contributed by atoms with Crippen LogP contribution in [0.4, 0.5) is 0 Å². The van der Waals surface area contributed by atoms with Crippen molar-refractivity contribution < 1.29 is 19.7 Å². The van der Waals surface area contributed by atoms with Crippen LogP contribution >= 0.6 is 0 Å². The van der Waals surface area contributed by atoms with Crippen LogP contribution in [-0.2, 0) is 11.2 Å². The van der Waals surface area contributed by atoms with Crippen molar-refractivity contribution in [3.8, 4) is 11.5 Å². The number of carbonyl (C=O) groups excluding carboxylic acids is 1. The van der Waals surface area contributed by atoms with E-state index >= 15 is 0 Å². The van der Waals surface area contributed by atoms with E-state index in [0.29, 0.717) is 31.4 Å². The summed E-state index contributed by atoms with van der Waals surface area (Å²) in [6.45, 7) is 2.18. The predicted molar refractivity (Wildman–Crippen MR) is 101 cm³/mol. The van der Waals surface area contributed by atoms with Gasteiger partial charge in [0.2, 0.25) is 0 Å². The van der Waals surface area contributed by atoms with Gasteiger partial charge in [-0.2, -0.15) is 0 Å². The Labute approximate surface area is 150 Å². The van der Waals surface area contributed by atoms with Gasteiger partial charge in [0.25, 0.3) is 0 Å². The molecule has 0 amide bonds. The largest absolute Gasteiger partial charge is 0.512 e. The highest BCUT2D eigenvalue weighted by Gasteiger charge is 2.05. The highest BCUT2D eigenvalue weighted by Crippen LogP contribution is 2.27. The molecule has 0 bridgehead atoms. The molecule has 0 atom stereocenters. The highest BCUT2D eigenvalue weighted by atomic mass is 16.5. The number of aliphatic hydroxyl groups excluding tert-OH is 1. The van der Waals surface area contributed by atoms with Gasteiger partial charge in [-0.3, -0.25) is 4.79 Å². The van der Waals surface area contributed by atoms with E-state index in [1.165, 1.54) is 32.4 Å². The molecule has 0 radical (unpaired) electrons. The first kappa shape index (κ1) is 20.8. The molecule has 0 heterocycles. The number of aromatic hydroxyl groups is 1. The maximum absolute atomic E-state index is 11.8. The number of hydrogen-bond acceptors (Lipinski definition) is 4. The smallest absolute Gasteiger partial charge is 0.160 e. The fourth-order valence-electron chi connectivity index (χ4n) is 2.45. The number of methoxy groups -OCH3 is 1.